The minimum absolute atomic E-state index is 0.164. The van der Waals surface area contributed by atoms with Gasteiger partial charge in [-0.2, -0.15) is 0 Å². The Balaban J connectivity index is 1.66. The van der Waals surface area contributed by atoms with Crippen LogP contribution in [0.4, 0.5) is 0 Å². The number of amides is 2. The van der Waals surface area contributed by atoms with E-state index >= 15 is 0 Å². The van der Waals surface area contributed by atoms with Crippen molar-refractivity contribution >= 4 is 33.7 Å². The monoisotopic (exact) mass is 443 g/mol. The Hall–Kier alpha value is -2.67. The largest absolute Gasteiger partial charge is 0.494 e. The smallest absolute Gasteiger partial charge is 0.257 e. The molecule has 146 valence electrons. The van der Waals surface area contributed by atoms with Crippen LogP contribution in [0.1, 0.15) is 48.1 Å². The van der Waals surface area contributed by atoms with Crippen LogP contribution in [0.3, 0.4) is 0 Å². The highest BCUT2D eigenvalue weighted by Crippen LogP contribution is 2.25. The maximum Gasteiger partial charge on any atom is 0.257 e. The maximum atomic E-state index is 12.5. The second-order valence-electron chi connectivity index (χ2n) is 6.48. The summed E-state index contributed by atoms with van der Waals surface area (Å²) in [4.78, 5) is 29.0. The van der Waals surface area contributed by atoms with Crippen LogP contribution in [0.2, 0.25) is 0 Å². The summed E-state index contributed by atoms with van der Waals surface area (Å²) in [5.41, 5.74) is 1.38. The first-order valence-electron chi connectivity index (χ1n) is 9.22. The zero-order valence-electron chi connectivity index (χ0n) is 15.6. The number of nitrogens with one attached hydrogen (secondary N) is 2. The fraction of sp³-hybridized carbons (Fsp3) is 0.286. The number of guanidine groups is 1. The molecule has 0 bridgehead atoms. The van der Waals surface area contributed by atoms with Gasteiger partial charge >= 0.3 is 0 Å². The van der Waals surface area contributed by atoms with Gasteiger partial charge in [0.05, 0.1) is 19.1 Å². The number of ether oxygens (including phenoxy) is 1. The summed E-state index contributed by atoms with van der Waals surface area (Å²) in [6.07, 6.45) is 2.29. The second kappa shape index (κ2) is 9.50. The molecule has 0 aliphatic carbocycles. The van der Waals surface area contributed by atoms with Crippen LogP contribution in [0.15, 0.2) is 58.0 Å². The van der Waals surface area contributed by atoms with Crippen molar-refractivity contribution in [2.75, 3.05) is 6.61 Å². The van der Waals surface area contributed by atoms with Crippen molar-refractivity contribution in [1.29, 1.82) is 0 Å². The van der Waals surface area contributed by atoms with Gasteiger partial charge in [-0.25, -0.2) is 4.99 Å². The summed E-state index contributed by atoms with van der Waals surface area (Å²) in [5, 5.41) is 5.30. The average molecular weight is 444 g/mol. The first kappa shape index (κ1) is 20.1. The topological polar surface area (TPSA) is 79.8 Å². The zero-order chi connectivity index (χ0) is 19.9. The van der Waals surface area contributed by atoms with Gasteiger partial charge in [-0.05, 0) is 48.4 Å². The van der Waals surface area contributed by atoms with Gasteiger partial charge in [0.1, 0.15) is 5.75 Å². The zero-order valence-corrected chi connectivity index (χ0v) is 17.2. The average Bonchev–Trinajstić information content (AvgIpc) is 2.69. The van der Waals surface area contributed by atoms with Gasteiger partial charge in [0.25, 0.3) is 5.91 Å². The molecule has 3 rings (SSSR count). The van der Waals surface area contributed by atoms with Crippen molar-refractivity contribution in [1.82, 2.24) is 10.6 Å². The minimum atomic E-state index is -0.337. The molecule has 1 aliphatic rings. The highest BCUT2D eigenvalue weighted by atomic mass is 79.9. The van der Waals surface area contributed by atoms with Gasteiger partial charge in [-0.15, -0.1) is 0 Å². The Kier molecular flexibility index (Phi) is 6.81. The summed E-state index contributed by atoms with van der Waals surface area (Å²) in [6.45, 7) is 2.76. The summed E-state index contributed by atoms with van der Waals surface area (Å²) in [6, 6.07) is 14.2. The molecule has 0 radical (unpaired) electrons. The molecule has 1 aliphatic heterocycles. The highest BCUT2D eigenvalue weighted by molar-refractivity contribution is 9.10. The molecular formula is C21H22BrN3O3. The third-order valence-electron chi connectivity index (χ3n) is 4.29. The molecule has 6 nitrogen and oxygen atoms in total. The summed E-state index contributed by atoms with van der Waals surface area (Å²) in [5.74, 6) is 0.370. The molecule has 0 saturated carbocycles. The number of halogens is 1. The van der Waals surface area contributed by atoms with E-state index < -0.39 is 0 Å². The summed E-state index contributed by atoms with van der Waals surface area (Å²) in [7, 11) is 0. The maximum absolute atomic E-state index is 12.5. The SMILES string of the molecule is CCCCOc1ccc(C(=O)NC2=N[C@H](c3ccc(Br)cc3)CC(=O)N2)cc1. The summed E-state index contributed by atoms with van der Waals surface area (Å²) >= 11 is 3.39. The van der Waals surface area contributed by atoms with Crippen LogP contribution in [-0.2, 0) is 4.79 Å². The lowest BCUT2D eigenvalue weighted by atomic mass is 10.0. The predicted octanol–water partition coefficient (Wildman–Crippen LogP) is 3.98. The van der Waals surface area contributed by atoms with E-state index in [1.54, 1.807) is 24.3 Å². The number of carbonyl (C=O) groups is 2. The molecule has 1 atom stereocenters. The van der Waals surface area contributed by atoms with Crippen molar-refractivity contribution in [3.8, 4) is 5.75 Å². The number of carbonyl (C=O) groups excluding carboxylic acids is 2. The first-order chi connectivity index (χ1) is 13.5. The minimum Gasteiger partial charge on any atom is -0.494 e. The van der Waals surface area contributed by atoms with Gasteiger partial charge in [0.15, 0.2) is 0 Å². The van der Waals surface area contributed by atoms with Crippen LogP contribution < -0.4 is 15.4 Å². The van der Waals surface area contributed by atoms with E-state index in [4.69, 9.17) is 4.74 Å². The Morgan fingerprint density at radius 3 is 2.61 bits per heavy atom. The Labute approximate surface area is 172 Å². The third-order valence-corrected chi connectivity index (χ3v) is 4.82. The molecule has 0 spiro atoms. The van der Waals surface area contributed by atoms with E-state index in [9.17, 15) is 9.59 Å². The third kappa shape index (κ3) is 5.42. The normalized spacial score (nSPS) is 16.1. The lowest BCUT2D eigenvalue weighted by Gasteiger charge is -2.21. The standard InChI is InChI=1S/C21H22BrN3O3/c1-2-3-12-28-17-10-6-15(7-11-17)20(27)25-21-23-18(13-19(26)24-21)14-4-8-16(22)9-5-14/h4-11,18H,2-3,12-13H2,1H3,(H2,23,24,25,26,27)/t18-/m0/s1. The van der Waals surface area contributed by atoms with Crippen LogP contribution in [0, 0.1) is 0 Å². The van der Waals surface area contributed by atoms with Gasteiger partial charge in [0, 0.05) is 10.0 Å². The number of unbranched alkanes of at least 4 members (excludes halogenated alkanes) is 1. The van der Waals surface area contributed by atoms with E-state index in [0.29, 0.717) is 12.2 Å². The molecule has 0 aromatic heterocycles. The summed E-state index contributed by atoms with van der Waals surface area (Å²) < 4.78 is 6.56. The number of aliphatic imine (C=N–C) groups is 1. The number of benzene rings is 2. The van der Waals surface area contributed by atoms with Gasteiger partial charge < -0.3 is 4.74 Å². The van der Waals surface area contributed by atoms with Crippen molar-refractivity contribution < 1.29 is 14.3 Å². The highest BCUT2D eigenvalue weighted by Gasteiger charge is 2.23. The lowest BCUT2D eigenvalue weighted by Crippen LogP contribution is -2.47. The van der Waals surface area contributed by atoms with Crippen molar-refractivity contribution in [3.63, 3.8) is 0 Å². The molecular weight excluding hydrogens is 422 g/mol. The second-order valence-corrected chi connectivity index (χ2v) is 7.39. The van der Waals surface area contributed by atoms with Crippen LogP contribution in [-0.4, -0.2) is 24.4 Å². The van der Waals surface area contributed by atoms with Crippen LogP contribution in [0.5, 0.6) is 5.75 Å². The Bertz CT molecular complexity index is 863. The Morgan fingerprint density at radius 2 is 1.93 bits per heavy atom. The van der Waals surface area contributed by atoms with Crippen molar-refractivity contribution in [2.45, 2.75) is 32.2 Å². The number of hydrogen-bond acceptors (Lipinski definition) is 4. The van der Waals surface area contributed by atoms with E-state index in [0.717, 1.165) is 28.6 Å². The molecule has 28 heavy (non-hydrogen) atoms. The van der Waals surface area contributed by atoms with Gasteiger partial charge in [0.2, 0.25) is 11.9 Å². The van der Waals surface area contributed by atoms with E-state index in [-0.39, 0.29) is 30.2 Å². The van der Waals surface area contributed by atoms with Crippen LogP contribution in [0.25, 0.3) is 0 Å². The van der Waals surface area contributed by atoms with Gasteiger partial charge in [-0.3, -0.25) is 20.2 Å². The molecule has 0 saturated heterocycles. The van der Waals surface area contributed by atoms with E-state index in [2.05, 4.69) is 38.5 Å². The fourth-order valence-corrected chi connectivity index (χ4v) is 3.01. The molecule has 2 amide bonds. The van der Waals surface area contributed by atoms with Crippen molar-refractivity contribution in [3.05, 3.63) is 64.1 Å². The van der Waals surface area contributed by atoms with Crippen molar-refractivity contribution in [2.24, 2.45) is 4.99 Å². The number of nitrogens with zero attached hydrogens (tertiary/aromatic N) is 1. The molecule has 2 aromatic carbocycles. The molecule has 0 fully saturated rings. The van der Waals surface area contributed by atoms with E-state index in [1.165, 1.54) is 0 Å². The molecule has 0 unspecified atom stereocenters. The molecule has 7 heteroatoms. The Morgan fingerprint density at radius 1 is 1.21 bits per heavy atom. The molecule has 1 heterocycles. The number of hydrogen-bond donors (Lipinski definition) is 2. The van der Waals surface area contributed by atoms with E-state index in [1.807, 2.05) is 24.3 Å². The predicted molar refractivity (Wildman–Crippen MR) is 111 cm³/mol. The van der Waals surface area contributed by atoms with Crippen LogP contribution >= 0.6 is 15.9 Å². The number of rotatable bonds is 6. The fourth-order valence-electron chi connectivity index (χ4n) is 2.75. The van der Waals surface area contributed by atoms with Gasteiger partial charge in [-0.1, -0.05) is 41.4 Å². The lowest BCUT2D eigenvalue weighted by molar-refractivity contribution is -0.120. The molecule has 2 aromatic rings. The quantitative estimate of drug-likeness (QED) is 0.662. The first-order valence-corrected chi connectivity index (χ1v) is 10.0. The molecule has 2 N–H and O–H groups in total.